The Kier molecular flexibility index (Phi) is 14.9. The lowest BCUT2D eigenvalue weighted by atomic mass is 10.1. The molecule has 8 nitrogen and oxygen atoms in total. The summed E-state index contributed by atoms with van der Waals surface area (Å²) in [5.74, 6) is -0.296. The molecule has 1 aliphatic heterocycles. The number of ether oxygens (including phenoxy) is 6. The van der Waals surface area contributed by atoms with Crippen LogP contribution in [0.4, 0.5) is 0 Å². The van der Waals surface area contributed by atoms with E-state index in [2.05, 4.69) is 5.32 Å². The van der Waals surface area contributed by atoms with E-state index in [4.69, 9.17) is 28.4 Å². The van der Waals surface area contributed by atoms with Crippen molar-refractivity contribution in [1.29, 1.82) is 0 Å². The molecule has 0 bridgehead atoms. The van der Waals surface area contributed by atoms with Gasteiger partial charge in [-0.2, -0.15) is 0 Å². The Hall–Kier alpha value is -0.770. The molecule has 0 spiro atoms. The molecule has 1 fully saturated rings. The fourth-order valence-corrected chi connectivity index (χ4v) is 2.24. The summed E-state index contributed by atoms with van der Waals surface area (Å²) in [6, 6.07) is 0. The predicted molar refractivity (Wildman–Crippen MR) is 91.8 cm³/mol. The van der Waals surface area contributed by atoms with Crippen LogP contribution in [0.1, 0.15) is 19.8 Å². The van der Waals surface area contributed by atoms with Gasteiger partial charge in [0.2, 0.25) is 0 Å². The van der Waals surface area contributed by atoms with E-state index in [-0.39, 0.29) is 12.6 Å². The van der Waals surface area contributed by atoms with Crippen LogP contribution in [0.25, 0.3) is 0 Å². The SMILES string of the molecule is CC(=O)OCCOCCOCCOCCOCCOC1CCNCC1. The monoisotopic (exact) mass is 363 g/mol. The van der Waals surface area contributed by atoms with Gasteiger partial charge in [-0.05, 0) is 25.9 Å². The Balaban J connectivity index is 1.67. The third-order valence-corrected chi connectivity index (χ3v) is 3.52. The molecule has 1 heterocycles. The van der Waals surface area contributed by atoms with Gasteiger partial charge in [0.25, 0.3) is 0 Å². The molecule has 0 radical (unpaired) electrons. The summed E-state index contributed by atoms with van der Waals surface area (Å²) in [7, 11) is 0. The Morgan fingerprint density at radius 1 is 0.760 bits per heavy atom. The highest BCUT2D eigenvalue weighted by molar-refractivity contribution is 5.65. The molecule has 8 heteroatoms. The van der Waals surface area contributed by atoms with Crippen molar-refractivity contribution in [1.82, 2.24) is 5.32 Å². The van der Waals surface area contributed by atoms with E-state index < -0.39 is 0 Å². The summed E-state index contributed by atoms with van der Waals surface area (Å²) >= 11 is 0. The predicted octanol–water partition coefficient (Wildman–Crippen LogP) is 0.385. The van der Waals surface area contributed by atoms with Crippen LogP contribution in [-0.4, -0.2) is 91.2 Å². The second-order valence-corrected chi connectivity index (χ2v) is 5.61. The second kappa shape index (κ2) is 16.7. The highest BCUT2D eigenvalue weighted by Crippen LogP contribution is 2.06. The van der Waals surface area contributed by atoms with Crippen LogP contribution in [0.2, 0.25) is 0 Å². The summed E-state index contributed by atoms with van der Waals surface area (Å²) in [6.45, 7) is 8.51. The molecule has 0 unspecified atom stereocenters. The van der Waals surface area contributed by atoms with Gasteiger partial charge in [0.15, 0.2) is 0 Å². The molecule has 1 rings (SSSR count). The number of rotatable bonds is 16. The zero-order valence-electron chi connectivity index (χ0n) is 15.3. The number of hydrogen-bond donors (Lipinski definition) is 1. The summed E-state index contributed by atoms with van der Waals surface area (Å²) in [6.07, 6.45) is 2.55. The number of piperidine rings is 1. The number of esters is 1. The normalized spacial score (nSPS) is 15.4. The van der Waals surface area contributed by atoms with Gasteiger partial charge in [0.05, 0.1) is 65.6 Å². The molecular formula is C17H33NO7. The summed E-state index contributed by atoms with van der Waals surface area (Å²) in [5, 5.41) is 3.31. The number of carbonyl (C=O) groups excluding carboxylic acids is 1. The van der Waals surface area contributed by atoms with E-state index in [1.165, 1.54) is 6.92 Å². The maximum atomic E-state index is 10.5. The number of hydrogen-bond acceptors (Lipinski definition) is 8. The quantitative estimate of drug-likeness (QED) is 0.311. The minimum atomic E-state index is -0.296. The zero-order valence-corrected chi connectivity index (χ0v) is 15.3. The van der Waals surface area contributed by atoms with Crippen molar-refractivity contribution < 1.29 is 33.2 Å². The lowest BCUT2D eigenvalue weighted by molar-refractivity contribution is -0.142. The average Bonchev–Trinajstić information content (AvgIpc) is 2.62. The molecule has 0 aromatic carbocycles. The van der Waals surface area contributed by atoms with Crippen LogP contribution in [0.5, 0.6) is 0 Å². The van der Waals surface area contributed by atoms with Crippen LogP contribution < -0.4 is 5.32 Å². The maximum Gasteiger partial charge on any atom is 0.302 e. The van der Waals surface area contributed by atoms with Gasteiger partial charge in [-0.3, -0.25) is 4.79 Å². The minimum absolute atomic E-state index is 0.279. The van der Waals surface area contributed by atoms with Crippen molar-refractivity contribution >= 4 is 5.97 Å². The highest BCUT2D eigenvalue weighted by atomic mass is 16.6. The molecule has 1 aliphatic rings. The molecule has 0 aromatic heterocycles. The van der Waals surface area contributed by atoms with Gasteiger partial charge in [0.1, 0.15) is 6.61 Å². The van der Waals surface area contributed by atoms with Crippen molar-refractivity contribution in [2.24, 2.45) is 0 Å². The van der Waals surface area contributed by atoms with E-state index in [0.29, 0.717) is 65.6 Å². The molecule has 0 aromatic rings. The third kappa shape index (κ3) is 15.2. The molecular weight excluding hydrogens is 330 g/mol. The number of nitrogens with one attached hydrogen (secondary N) is 1. The lowest BCUT2D eigenvalue weighted by Crippen LogP contribution is -2.33. The van der Waals surface area contributed by atoms with E-state index >= 15 is 0 Å². The first-order valence-corrected chi connectivity index (χ1v) is 9.05. The molecule has 148 valence electrons. The van der Waals surface area contributed by atoms with Crippen molar-refractivity contribution in [3.05, 3.63) is 0 Å². The van der Waals surface area contributed by atoms with Crippen molar-refractivity contribution in [3.63, 3.8) is 0 Å². The van der Waals surface area contributed by atoms with Crippen LogP contribution in [-0.2, 0) is 33.2 Å². The first-order valence-electron chi connectivity index (χ1n) is 9.05. The summed E-state index contributed by atoms with van der Waals surface area (Å²) in [5.41, 5.74) is 0. The average molecular weight is 363 g/mol. The molecule has 1 saturated heterocycles. The summed E-state index contributed by atoms with van der Waals surface area (Å²) in [4.78, 5) is 10.5. The topological polar surface area (TPSA) is 84.5 Å². The van der Waals surface area contributed by atoms with E-state index in [1.54, 1.807) is 0 Å². The minimum Gasteiger partial charge on any atom is -0.463 e. The Labute approximate surface area is 150 Å². The second-order valence-electron chi connectivity index (χ2n) is 5.61. The molecule has 0 atom stereocenters. The fourth-order valence-electron chi connectivity index (χ4n) is 2.24. The third-order valence-electron chi connectivity index (χ3n) is 3.52. The van der Waals surface area contributed by atoms with E-state index in [1.807, 2.05) is 0 Å². The van der Waals surface area contributed by atoms with Crippen LogP contribution in [0, 0.1) is 0 Å². The Morgan fingerprint density at radius 3 is 1.68 bits per heavy atom. The van der Waals surface area contributed by atoms with Gasteiger partial charge >= 0.3 is 5.97 Å². The largest absolute Gasteiger partial charge is 0.463 e. The van der Waals surface area contributed by atoms with Crippen LogP contribution in [0.3, 0.4) is 0 Å². The van der Waals surface area contributed by atoms with Gasteiger partial charge in [0, 0.05) is 6.92 Å². The van der Waals surface area contributed by atoms with Gasteiger partial charge < -0.3 is 33.7 Å². The molecule has 1 N–H and O–H groups in total. The van der Waals surface area contributed by atoms with Crippen LogP contribution in [0.15, 0.2) is 0 Å². The van der Waals surface area contributed by atoms with Crippen molar-refractivity contribution in [2.45, 2.75) is 25.9 Å². The smallest absolute Gasteiger partial charge is 0.302 e. The van der Waals surface area contributed by atoms with Gasteiger partial charge in [-0.1, -0.05) is 0 Å². The standard InChI is InChI=1S/C17H33NO7/c1-16(19)24-14-12-22-10-8-20-6-7-21-9-11-23-13-15-25-17-2-4-18-5-3-17/h17-18H,2-15H2,1H3. The first kappa shape index (κ1) is 22.3. The van der Waals surface area contributed by atoms with Crippen LogP contribution >= 0.6 is 0 Å². The maximum absolute atomic E-state index is 10.5. The zero-order chi connectivity index (χ0) is 18.0. The van der Waals surface area contributed by atoms with E-state index in [0.717, 1.165) is 25.9 Å². The molecule has 0 aliphatic carbocycles. The molecule has 25 heavy (non-hydrogen) atoms. The van der Waals surface area contributed by atoms with Crippen molar-refractivity contribution in [2.75, 3.05) is 79.2 Å². The van der Waals surface area contributed by atoms with Crippen molar-refractivity contribution in [3.8, 4) is 0 Å². The Morgan fingerprint density at radius 2 is 1.20 bits per heavy atom. The molecule has 0 amide bonds. The van der Waals surface area contributed by atoms with E-state index in [9.17, 15) is 4.79 Å². The fraction of sp³-hybridized carbons (Fsp3) is 0.941. The number of carbonyl (C=O) groups is 1. The Bertz CT molecular complexity index is 311. The molecule has 0 saturated carbocycles. The van der Waals surface area contributed by atoms with Gasteiger partial charge in [-0.15, -0.1) is 0 Å². The van der Waals surface area contributed by atoms with Gasteiger partial charge in [-0.25, -0.2) is 0 Å². The summed E-state index contributed by atoms with van der Waals surface area (Å²) < 4.78 is 31.9. The highest BCUT2D eigenvalue weighted by Gasteiger charge is 2.12. The lowest BCUT2D eigenvalue weighted by Gasteiger charge is -2.22. The first-order chi connectivity index (χ1) is 12.3.